The summed E-state index contributed by atoms with van der Waals surface area (Å²) >= 11 is 1.44. The lowest BCUT2D eigenvalue weighted by molar-refractivity contribution is -0.141. The summed E-state index contributed by atoms with van der Waals surface area (Å²) in [4.78, 5) is 51.0. The molecule has 2 aliphatic carbocycles. The smallest absolute Gasteiger partial charge is 0.304 e. The standard InChI is InChI=1S/C31H34N4O4S/c1-34-17-26-20(14-28(34)36)13-22(16-32-26)24-8-4-5-9-25(24)27-18-40-31(33-27)35(23-10-11-23)30(39)21(15-29(37)38)12-19-6-2-3-7-19/h4-5,8-9,13,16,18-19,21,23H,2-3,6-7,10-12,14-15,17H2,1H3,(H,37,38)/t21-/m1/s1. The zero-order valence-corrected chi connectivity index (χ0v) is 23.5. The van der Waals surface area contributed by atoms with E-state index in [1.165, 1.54) is 11.3 Å². The van der Waals surface area contributed by atoms with Crippen molar-refractivity contribution >= 4 is 34.3 Å². The third-order valence-corrected chi connectivity index (χ3v) is 9.28. The summed E-state index contributed by atoms with van der Waals surface area (Å²) in [6.45, 7) is 0.514. The number of anilines is 1. The second-order valence-corrected chi connectivity index (χ2v) is 12.3. The topological polar surface area (TPSA) is 104 Å². The second kappa shape index (κ2) is 11.1. The molecule has 1 aromatic carbocycles. The zero-order valence-electron chi connectivity index (χ0n) is 22.7. The SMILES string of the molecule is CN1Cc2ncc(-c3ccccc3-c3csc(N(C(=O)[C@@H](CC(=O)O)CC4CCCC4)C4CC4)n3)cc2CC1=O. The van der Waals surface area contributed by atoms with Crippen molar-refractivity contribution < 1.29 is 19.5 Å². The van der Waals surface area contributed by atoms with E-state index in [4.69, 9.17) is 4.98 Å². The maximum Gasteiger partial charge on any atom is 0.304 e. The summed E-state index contributed by atoms with van der Waals surface area (Å²) in [6.07, 6.45) is 8.99. The average molecular weight is 559 g/mol. The Balaban J connectivity index is 1.29. The Bertz CT molecular complexity index is 1440. The quantitative estimate of drug-likeness (QED) is 0.369. The molecule has 0 bridgehead atoms. The largest absolute Gasteiger partial charge is 0.481 e. The van der Waals surface area contributed by atoms with Gasteiger partial charge in [-0.25, -0.2) is 4.98 Å². The van der Waals surface area contributed by atoms with Gasteiger partial charge in [0.15, 0.2) is 5.13 Å². The monoisotopic (exact) mass is 558 g/mol. The fourth-order valence-electron chi connectivity index (χ4n) is 6.14. The molecule has 2 fully saturated rings. The van der Waals surface area contributed by atoms with E-state index >= 15 is 0 Å². The number of thiazole rings is 1. The molecule has 2 saturated carbocycles. The Morgan fingerprint density at radius 2 is 1.90 bits per heavy atom. The second-order valence-electron chi connectivity index (χ2n) is 11.4. The Morgan fingerprint density at radius 1 is 1.15 bits per heavy atom. The fourth-order valence-corrected chi connectivity index (χ4v) is 7.04. The van der Waals surface area contributed by atoms with E-state index in [0.29, 0.717) is 30.4 Å². The number of hydrogen-bond donors (Lipinski definition) is 1. The van der Waals surface area contributed by atoms with Crippen molar-refractivity contribution in [2.75, 3.05) is 11.9 Å². The van der Waals surface area contributed by atoms with Crippen molar-refractivity contribution in [3.8, 4) is 22.4 Å². The number of carboxylic acid groups (broad SMARTS) is 1. The molecule has 2 aromatic heterocycles. The van der Waals surface area contributed by atoms with Crippen molar-refractivity contribution in [3.05, 3.63) is 53.2 Å². The number of rotatable bonds is 9. The number of carboxylic acids is 1. The highest BCUT2D eigenvalue weighted by Crippen LogP contribution is 2.41. The van der Waals surface area contributed by atoms with E-state index in [0.717, 1.165) is 72.2 Å². The van der Waals surface area contributed by atoms with E-state index < -0.39 is 11.9 Å². The number of carbonyl (C=O) groups is 3. The highest BCUT2D eigenvalue weighted by Gasteiger charge is 2.40. The predicted molar refractivity (Wildman–Crippen MR) is 154 cm³/mol. The van der Waals surface area contributed by atoms with Crippen molar-refractivity contribution in [2.24, 2.45) is 11.8 Å². The van der Waals surface area contributed by atoms with Gasteiger partial charge in [0.2, 0.25) is 11.8 Å². The van der Waals surface area contributed by atoms with Gasteiger partial charge >= 0.3 is 5.97 Å². The maximum atomic E-state index is 13.9. The minimum Gasteiger partial charge on any atom is -0.481 e. The number of hydrogen-bond acceptors (Lipinski definition) is 6. The van der Waals surface area contributed by atoms with Gasteiger partial charge in [-0.3, -0.25) is 24.3 Å². The highest BCUT2D eigenvalue weighted by molar-refractivity contribution is 7.14. The number of fused-ring (bicyclic) bond motifs is 1. The molecule has 1 atom stereocenters. The number of pyridine rings is 1. The molecule has 0 radical (unpaired) electrons. The van der Waals surface area contributed by atoms with Crippen LogP contribution in [0.4, 0.5) is 5.13 Å². The number of aromatic nitrogens is 2. The van der Waals surface area contributed by atoms with Crippen LogP contribution in [0, 0.1) is 11.8 Å². The Kier molecular flexibility index (Phi) is 7.40. The molecule has 40 heavy (non-hydrogen) atoms. The Labute approximate surface area is 238 Å². The van der Waals surface area contributed by atoms with Crippen LogP contribution >= 0.6 is 11.3 Å². The lowest BCUT2D eigenvalue weighted by Gasteiger charge is -2.26. The summed E-state index contributed by atoms with van der Waals surface area (Å²) in [7, 11) is 1.80. The first-order chi connectivity index (χ1) is 19.4. The van der Waals surface area contributed by atoms with Crippen LogP contribution in [0.25, 0.3) is 22.4 Å². The number of nitrogens with zero attached hydrogens (tertiary/aromatic N) is 4. The van der Waals surface area contributed by atoms with Crippen molar-refractivity contribution in [1.82, 2.24) is 14.9 Å². The number of carbonyl (C=O) groups excluding carboxylic acids is 2. The first-order valence-corrected chi connectivity index (χ1v) is 15.1. The Hall–Kier alpha value is -3.59. The molecule has 1 aliphatic heterocycles. The molecule has 6 rings (SSSR count). The predicted octanol–water partition coefficient (Wildman–Crippen LogP) is 5.55. The van der Waals surface area contributed by atoms with Crippen LogP contribution in [0.1, 0.15) is 62.6 Å². The van der Waals surface area contributed by atoms with Gasteiger partial charge in [0.25, 0.3) is 0 Å². The van der Waals surface area contributed by atoms with Crippen LogP contribution in [-0.2, 0) is 27.3 Å². The van der Waals surface area contributed by atoms with Gasteiger partial charge in [-0.2, -0.15) is 0 Å². The van der Waals surface area contributed by atoms with Crippen molar-refractivity contribution in [1.29, 1.82) is 0 Å². The lowest BCUT2D eigenvalue weighted by atomic mass is 9.90. The molecule has 0 saturated heterocycles. The van der Waals surface area contributed by atoms with E-state index in [1.807, 2.05) is 35.8 Å². The van der Waals surface area contributed by atoms with Crippen LogP contribution in [0.5, 0.6) is 0 Å². The fraction of sp³-hybridized carbons (Fsp3) is 0.452. The van der Waals surface area contributed by atoms with E-state index in [1.54, 1.807) is 16.8 Å². The minimum absolute atomic E-state index is 0.0853. The molecule has 9 heteroatoms. The molecular formula is C31H34N4O4S. The van der Waals surface area contributed by atoms with Gasteiger partial charge in [0.05, 0.1) is 30.8 Å². The van der Waals surface area contributed by atoms with Gasteiger partial charge < -0.3 is 10.0 Å². The number of aliphatic carboxylic acids is 1. The molecule has 0 spiro atoms. The van der Waals surface area contributed by atoms with E-state index in [2.05, 4.69) is 11.1 Å². The third-order valence-electron chi connectivity index (χ3n) is 8.44. The maximum absolute atomic E-state index is 13.9. The summed E-state index contributed by atoms with van der Waals surface area (Å²) < 4.78 is 0. The molecule has 1 N–H and O–H groups in total. The first-order valence-electron chi connectivity index (χ1n) is 14.2. The molecule has 3 aromatic rings. The molecule has 0 unspecified atom stereocenters. The van der Waals surface area contributed by atoms with Crippen LogP contribution in [-0.4, -0.2) is 50.8 Å². The molecule has 2 amide bonds. The van der Waals surface area contributed by atoms with Crippen LogP contribution in [0.2, 0.25) is 0 Å². The van der Waals surface area contributed by atoms with Gasteiger partial charge in [-0.05, 0) is 42.4 Å². The normalized spacial score (nSPS) is 18.0. The van der Waals surface area contributed by atoms with Gasteiger partial charge in [0, 0.05) is 41.7 Å². The van der Waals surface area contributed by atoms with Gasteiger partial charge in [-0.1, -0.05) is 49.9 Å². The molecular weight excluding hydrogens is 524 g/mol. The minimum atomic E-state index is -0.923. The number of amides is 2. The zero-order chi connectivity index (χ0) is 27.8. The van der Waals surface area contributed by atoms with Crippen LogP contribution in [0.15, 0.2) is 41.9 Å². The summed E-state index contributed by atoms with van der Waals surface area (Å²) in [5, 5.41) is 12.2. The summed E-state index contributed by atoms with van der Waals surface area (Å²) in [5.41, 5.74) is 5.47. The molecule has 8 nitrogen and oxygen atoms in total. The summed E-state index contributed by atoms with van der Waals surface area (Å²) in [5.74, 6) is -1.03. The van der Waals surface area contributed by atoms with Gasteiger partial charge in [-0.15, -0.1) is 11.3 Å². The average Bonchev–Trinajstić information content (AvgIpc) is 3.41. The third kappa shape index (κ3) is 5.52. The molecule has 3 aliphatic rings. The highest BCUT2D eigenvalue weighted by atomic mass is 32.1. The number of benzene rings is 1. The number of likely N-dealkylation sites (N-methyl/N-ethyl adjacent to an activating group) is 1. The lowest BCUT2D eigenvalue weighted by Crippen LogP contribution is -2.39. The summed E-state index contributed by atoms with van der Waals surface area (Å²) in [6, 6.07) is 10.1. The van der Waals surface area contributed by atoms with Crippen LogP contribution in [0.3, 0.4) is 0 Å². The van der Waals surface area contributed by atoms with Crippen LogP contribution < -0.4 is 4.90 Å². The van der Waals surface area contributed by atoms with Gasteiger partial charge in [0.1, 0.15) is 0 Å². The molecule has 3 heterocycles. The van der Waals surface area contributed by atoms with E-state index in [9.17, 15) is 19.5 Å². The Morgan fingerprint density at radius 3 is 2.62 bits per heavy atom. The van der Waals surface area contributed by atoms with Crippen molar-refractivity contribution in [2.45, 2.75) is 70.4 Å². The molecule has 208 valence electrons. The first kappa shape index (κ1) is 26.6. The van der Waals surface area contributed by atoms with E-state index in [-0.39, 0.29) is 24.3 Å². The van der Waals surface area contributed by atoms with Crippen molar-refractivity contribution in [3.63, 3.8) is 0 Å².